The lowest BCUT2D eigenvalue weighted by Gasteiger charge is -2.27. The van der Waals surface area contributed by atoms with Crippen LogP contribution < -0.4 is 14.4 Å². The van der Waals surface area contributed by atoms with E-state index in [4.69, 9.17) is 21.1 Å². The van der Waals surface area contributed by atoms with E-state index in [1.54, 1.807) is 36.4 Å². The maximum Gasteiger partial charge on any atom is 0.300 e. The van der Waals surface area contributed by atoms with Crippen molar-refractivity contribution < 1.29 is 24.2 Å². The summed E-state index contributed by atoms with van der Waals surface area (Å²) in [5, 5.41) is 11.7. The van der Waals surface area contributed by atoms with Gasteiger partial charge < -0.3 is 14.6 Å². The van der Waals surface area contributed by atoms with Gasteiger partial charge in [-0.2, -0.15) is 0 Å². The van der Waals surface area contributed by atoms with Crippen molar-refractivity contribution in [3.8, 4) is 11.5 Å². The number of rotatable bonds is 3. The fourth-order valence-corrected chi connectivity index (χ4v) is 4.39. The molecule has 1 unspecified atom stereocenters. The Balaban J connectivity index is 1.71. The van der Waals surface area contributed by atoms with Gasteiger partial charge in [-0.05, 0) is 48.4 Å². The van der Waals surface area contributed by atoms with E-state index in [0.717, 1.165) is 5.56 Å². The molecule has 1 amide bonds. The quantitative estimate of drug-likeness (QED) is 0.336. The van der Waals surface area contributed by atoms with E-state index in [0.29, 0.717) is 46.5 Å². The van der Waals surface area contributed by atoms with Crippen LogP contribution in [-0.4, -0.2) is 30.0 Å². The second kappa shape index (κ2) is 8.30. The molecule has 7 heteroatoms. The van der Waals surface area contributed by atoms with Crippen LogP contribution in [0.3, 0.4) is 0 Å². The first-order valence-electron chi connectivity index (χ1n) is 10.5. The van der Waals surface area contributed by atoms with Gasteiger partial charge in [0.2, 0.25) is 0 Å². The Labute approximate surface area is 195 Å². The predicted octanol–water partition coefficient (Wildman–Crippen LogP) is 5.05. The number of hydrogen-bond acceptors (Lipinski definition) is 5. The number of hydrogen-bond donors (Lipinski definition) is 1. The molecule has 0 radical (unpaired) electrons. The largest absolute Gasteiger partial charge is 0.507 e. The molecule has 2 heterocycles. The lowest BCUT2D eigenvalue weighted by molar-refractivity contribution is -0.132. The number of anilines is 1. The number of Topliss-reactive ketones (excluding diaryl/α,β-unsaturated/α-hetero) is 1. The normalized spacial score (nSPS) is 19.1. The van der Waals surface area contributed by atoms with Crippen LogP contribution in [0.4, 0.5) is 5.69 Å². The number of aliphatic hydroxyl groups excluding tert-OH is 1. The molecule has 2 aliphatic rings. The van der Waals surface area contributed by atoms with Crippen molar-refractivity contribution in [1.82, 2.24) is 0 Å². The molecule has 3 aromatic carbocycles. The van der Waals surface area contributed by atoms with Crippen molar-refractivity contribution >= 4 is 34.7 Å². The topological polar surface area (TPSA) is 76.1 Å². The highest BCUT2D eigenvalue weighted by Crippen LogP contribution is 2.44. The van der Waals surface area contributed by atoms with Gasteiger partial charge in [-0.25, -0.2) is 0 Å². The molecule has 3 aromatic rings. The molecule has 0 aromatic heterocycles. The maximum atomic E-state index is 13.3. The molecule has 5 rings (SSSR count). The fourth-order valence-electron chi connectivity index (χ4n) is 4.22. The van der Waals surface area contributed by atoms with Gasteiger partial charge in [-0.3, -0.25) is 14.5 Å². The number of halogens is 1. The second-order valence-corrected chi connectivity index (χ2v) is 8.31. The van der Waals surface area contributed by atoms with E-state index < -0.39 is 17.7 Å². The number of carbonyl (C=O) groups excluding carboxylic acids is 2. The van der Waals surface area contributed by atoms with Crippen LogP contribution in [0.1, 0.15) is 22.7 Å². The third-order valence-corrected chi connectivity index (χ3v) is 6.04. The molecule has 0 saturated carbocycles. The van der Waals surface area contributed by atoms with Gasteiger partial charge in [-0.1, -0.05) is 48.0 Å². The summed E-state index contributed by atoms with van der Waals surface area (Å²) in [7, 11) is 0. The van der Waals surface area contributed by atoms with Gasteiger partial charge in [0, 0.05) is 16.3 Å². The van der Waals surface area contributed by atoms with Gasteiger partial charge in [-0.15, -0.1) is 0 Å². The van der Waals surface area contributed by atoms with Crippen LogP contribution in [0.15, 0.2) is 72.3 Å². The third kappa shape index (κ3) is 3.62. The number of aryl methyl sites for hydroxylation is 1. The monoisotopic (exact) mass is 461 g/mol. The molecule has 33 heavy (non-hydrogen) atoms. The van der Waals surface area contributed by atoms with Gasteiger partial charge in [0.25, 0.3) is 11.7 Å². The maximum absolute atomic E-state index is 13.3. The molecule has 0 spiro atoms. The average molecular weight is 462 g/mol. The molecule has 6 nitrogen and oxygen atoms in total. The van der Waals surface area contributed by atoms with E-state index in [1.165, 1.54) is 4.90 Å². The van der Waals surface area contributed by atoms with Crippen molar-refractivity contribution in [3.63, 3.8) is 0 Å². The predicted molar refractivity (Wildman–Crippen MR) is 125 cm³/mol. The fraction of sp³-hybridized carbons (Fsp3) is 0.154. The number of ether oxygens (including phenoxy) is 2. The summed E-state index contributed by atoms with van der Waals surface area (Å²) in [6.45, 7) is 2.67. The Hall–Kier alpha value is -3.77. The van der Waals surface area contributed by atoms with Crippen molar-refractivity contribution in [3.05, 3.63) is 94.0 Å². The van der Waals surface area contributed by atoms with Crippen LogP contribution in [-0.2, 0) is 9.59 Å². The summed E-state index contributed by atoms with van der Waals surface area (Å²) < 4.78 is 11.2. The number of carbonyl (C=O) groups is 2. The second-order valence-electron chi connectivity index (χ2n) is 7.87. The Morgan fingerprint density at radius 3 is 2.45 bits per heavy atom. The first-order valence-corrected chi connectivity index (χ1v) is 10.9. The number of aliphatic hydroxyl groups is 1. The molecular formula is C26H20ClNO5. The number of fused-ring (bicyclic) bond motifs is 1. The molecule has 2 aliphatic heterocycles. The summed E-state index contributed by atoms with van der Waals surface area (Å²) in [4.78, 5) is 28.0. The summed E-state index contributed by atoms with van der Waals surface area (Å²) in [6, 6.07) is 18.4. The Kier molecular flexibility index (Phi) is 5.30. The highest BCUT2D eigenvalue weighted by atomic mass is 35.5. The first-order chi connectivity index (χ1) is 16.0. The summed E-state index contributed by atoms with van der Waals surface area (Å²) in [6.07, 6.45) is 0. The summed E-state index contributed by atoms with van der Waals surface area (Å²) in [5.74, 6) is -0.737. The van der Waals surface area contributed by atoms with Crippen LogP contribution in [0.5, 0.6) is 11.5 Å². The number of amides is 1. The number of ketones is 1. The van der Waals surface area contributed by atoms with E-state index in [9.17, 15) is 14.7 Å². The number of benzene rings is 3. The summed E-state index contributed by atoms with van der Waals surface area (Å²) >= 11 is 6.23. The van der Waals surface area contributed by atoms with E-state index in [2.05, 4.69) is 0 Å². The molecule has 1 N–H and O–H groups in total. The standard InChI is InChI=1S/C26H20ClNO5/c1-15-7-9-18(27)14-19(15)28-23(16-5-3-2-4-6-16)22(25(30)26(28)31)24(29)17-8-10-20-21(13-17)33-12-11-32-20/h2-10,13-14,23,29H,11-12H2,1H3/b24-22-. The van der Waals surface area contributed by atoms with E-state index in [1.807, 2.05) is 37.3 Å². The van der Waals surface area contributed by atoms with Crippen LogP contribution in [0.25, 0.3) is 5.76 Å². The van der Waals surface area contributed by atoms with Gasteiger partial charge in [0.1, 0.15) is 19.0 Å². The molecule has 1 atom stereocenters. The van der Waals surface area contributed by atoms with Crippen LogP contribution in [0.2, 0.25) is 5.02 Å². The minimum Gasteiger partial charge on any atom is -0.507 e. The summed E-state index contributed by atoms with van der Waals surface area (Å²) in [5.41, 5.74) is 2.35. The zero-order valence-electron chi connectivity index (χ0n) is 17.7. The lowest BCUT2D eigenvalue weighted by atomic mass is 9.95. The van der Waals surface area contributed by atoms with Crippen molar-refractivity contribution in [2.24, 2.45) is 0 Å². The zero-order chi connectivity index (χ0) is 23.1. The van der Waals surface area contributed by atoms with Crippen molar-refractivity contribution in [2.45, 2.75) is 13.0 Å². The number of nitrogens with zero attached hydrogens (tertiary/aromatic N) is 1. The molecule has 1 fully saturated rings. The smallest absolute Gasteiger partial charge is 0.300 e. The molecule has 0 bridgehead atoms. The molecule has 166 valence electrons. The average Bonchev–Trinajstić information content (AvgIpc) is 3.10. The molecule has 1 saturated heterocycles. The minimum absolute atomic E-state index is 0.00209. The Bertz CT molecular complexity index is 1300. The van der Waals surface area contributed by atoms with E-state index in [-0.39, 0.29) is 11.3 Å². The van der Waals surface area contributed by atoms with E-state index >= 15 is 0 Å². The van der Waals surface area contributed by atoms with Gasteiger partial charge in [0.15, 0.2) is 11.5 Å². The minimum atomic E-state index is -0.823. The van der Waals surface area contributed by atoms with Gasteiger partial charge >= 0.3 is 0 Å². The lowest BCUT2D eigenvalue weighted by Crippen LogP contribution is -2.30. The SMILES string of the molecule is Cc1ccc(Cl)cc1N1C(=O)C(=O)/C(=C(\O)c2ccc3c(c2)OCCO3)C1c1ccccc1. The molecule has 0 aliphatic carbocycles. The van der Waals surface area contributed by atoms with Crippen LogP contribution in [0, 0.1) is 6.92 Å². The third-order valence-electron chi connectivity index (χ3n) is 5.81. The molecular weight excluding hydrogens is 442 g/mol. The van der Waals surface area contributed by atoms with Crippen molar-refractivity contribution in [2.75, 3.05) is 18.1 Å². The zero-order valence-corrected chi connectivity index (χ0v) is 18.5. The van der Waals surface area contributed by atoms with Gasteiger partial charge in [0.05, 0.1) is 11.6 Å². The highest BCUT2D eigenvalue weighted by Gasteiger charge is 2.47. The van der Waals surface area contributed by atoms with Crippen molar-refractivity contribution in [1.29, 1.82) is 0 Å². The van der Waals surface area contributed by atoms with Crippen LogP contribution >= 0.6 is 11.6 Å². The Morgan fingerprint density at radius 1 is 0.970 bits per heavy atom. The first kappa shape index (κ1) is 21.1. The Morgan fingerprint density at radius 2 is 1.70 bits per heavy atom. The highest BCUT2D eigenvalue weighted by molar-refractivity contribution is 6.52.